The molecule has 6 aliphatic carbocycles. The minimum Gasteiger partial charge on any atom is -0.461 e. The Morgan fingerprint density at radius 1 is 1.00 bits per heavy atom. The van der Waals surface area contributed by atoms with Gasteiger partial charge in [-0.25, -0.2) is 4.79 Å². The Hall–Kier alpha value is -3.24. The number of rotatable bonds is 7. The molecule has 1 aromatic rings. The second-order valence-electron chi connectivity index (χ2n) is 15.5. The fourth-order valence-corrected chi connectivity index (χ4v) is 12.6. The van der Waals surface area contributed by atoms with Crippen LogP contribution in [0.4, 0.5) is 0 Å². The number of piperidine rings is 2. The van der Waals surface area contributed by atoms with Crippen molar-refractivity contribution in [3.63, 3.8) is 0 Å². The molecule has 46 heavy (non-hydrogen) atoms. The van der Waals surface area contributed by atoms with Gasteiger partial charge in [0.25, 0.3) is 0 Å². The number of nitrogens with zero attached hydrogens (tertiary/aromatic N) is 1. The number of ether oxygens (including phenoxy) is 4. The fraction of sp³-hybridized carbons (Fsp3) is 0.667. The predicted octanol–water partition coefficient (Wildman–Crippen LogP) is 3.31. The van der Waals surface area contributed by atoms with E-state index in [4.69, 9.17) is 18.9 Å². The molecule has 9 fully saturated rings. The van der Waals surface area contributed by atoms with Gasteiger partial charge in [0, 0.05) is 55.1 Å². The van der Waals surface area contributed by atoms with E-state index in [0.717, 1.165) is 12.0 Å². The molecule has 0 aromatic heterocycles. The van der Waals surface area contributed by atoms with Gasteiger partial charge >= 0.3 is 23.9 Å². The first kappa shape index (κ1) is 30.1. The van der Waals surface area contributed by atoms with E-state index in [1.807, 2.05) is 19.9 Å². The highest BCUT2D eigenvalue weighted by Crippen LogP contribution is 2.87. The lowest BCUT2D eigenvalue weighted by Crippen LogP contribution is -2.75. The highest BCUT2D eigenvalue weighted by atomic mass is 16.6. The van der Waals surface area contributed by atoms with Crippen LogP contribution < -0.4 is 0 Å². The van der Waals surface area contributed by atoms with Crippen LogP contribution >= 0.6 is 0 Å². The lowest BCUT2D eigenvalue weighted by Gasteiger charge is -2.67. The fourth-order valence-electron chi connectivity index (χ4n) is 12.6. The third-order valence-electron chi connectivity index (χ3n) is 13.5. The summed E-state index contributed by atoms with van der Waals surface area (Å²) in [4.78, 5) is 55.1. The van der Waals surface area contributed by atoms with Crippen molar-refractivity contribution in [2.24, 2.45) is 45.8 Å². The first-order valence-corrected chi connectivity index (χ1v) is 16.7. The van der Waals surface area contributed by atoms with Gasteiger partial charge in [0.2, 0.25) is 0 Å². The summed E-state index contributed by atoms with van der Waals surface area (Å²) in [5.41, 5.74) is -0.581. The van der Waals surface area contributed by atoms with E-state index in [2.05, 4.69) is 18.4 Å². The second kappa shape index (κ2) is 9.66. The molecule has 0 amide bonds. The van der Waals surface area contributed by atoms with E-state index < -0.39 is 70.6 Å². The Morgan fingerprint density at radius 3 is 2.35 bits per heavy atom. The van der Waals surface area contributed by atoms with Crippen molar-refractivity contribution in [1.29, 1.82) is 0 Å². The van der Waals surface area contributed by atoms with Crippen molar-refractivity contribution in [2.45, 2.75) is 96.5 Å². The lowest BCUT2D eigenvalue weighted by molar-refractivity contribution is -0.282. The van der Waals surface area contributed by atoms with Gasteiger partial charge in [0.1, 0.15) is 30.5 Å². The SMILES string of the molecule is C=C1C[C@@]23C[C@@H]4[C@H]5[C@@]6(C)CN4[C@H]4[C@@H]2[C@@H](OC(=O)c2ccccc2)[C@@H]1[C@@H](OC(C)=O)[C@@H]3[C@]45[C@H](OC(C)=O)[C@@H](O)[C@H]6OC(=O)[C@@H](C)CC. The van der Waals surface area contributed by atoms with Crippen LogP contribution in [-0.2, 0) is 33.3 Å². The van der Waals surface area contributed by atoms with Gasteiger partial charge in [-0.2, -0.15) is 0 Å². The van der Waals surface area contributed by atoms with Crippen molar-refractivity contribution in [1.82, 2.24) is 4.90 Å². The zero-order valence-corrected chi connectivity index (χ0v) is 27.0. The quantitative estimate of drug-likeness (QED) is 0.271. The van der Waals surface area contributed by atoms with Crippen molar-refractivity contribution in [3.8, 4) is 0 Å². The second-order valence-corrected chi connectivity index (χ2v) is 15.5. The van der Waals surface area contributed by atoms with Gasteiger partial charge in [0.05, 0.1) is 17.4 Å². The molecule has 9 aliphatic rings. The maximum Gasteiger partial charge on any atom is 0.338 e. The average Bonchev–Trinajstić information content (AvgIpc) is 3.45. The normalized spacial score (nSPS) is 48.6. The van der Waals surface area contributed by atoms with Gasteiger partial charge in [-0.05, 0) is 42.7 Å². The van der Waals surface area contributed by atoms with Gasteiger partial charge in [-0.15, -0.1) is 0 Å². The standard InChI is InChI=1S/C36H43NO9/c1-7-16(2)32(41)46-30-24(40)31(44-19(5)39)36-27-21-14-35-13-17(3)22(26(28(35)36)43-18(4)38)25(45-33(42)20-11-9-8-10-12-20)23(35)29(36)37(21)15-34(27,30)6/h8-12,16,21-31,40H,3,7,13-15H2,1-2,4-6H3/t16-,21+,22+,23-,24-,25-,26+,27-,28-,29-,30+,31+,34+,35+,36-/m0/s1. The maximum absolute atomic E-state index is 13.7. The summed E-state index contributed by atoms with van der Waals surface area (Å²) in [5, 5.41) is 12.3. The molecular weight excluding hydrogens is 590 g/mol. The smallest absolute Gasteiger partial charge is 0.338 e. The van der Waals surface area contributed by atoms with Crippen LogP contribution in [0.2, 0.25) is 0 Å². The van der Waals surface area contributed by atoms with Crippen LogP contribution in [0.3, 0.4) is 0 Å². The largest absolute Gasteiger partial charge is 0.461 e. The van der Waals surface area contributed by atoms with Gasteiger partial charge in [0.15, 0.2) is 0 Å². The molecule has 1 N–H and O–H groups in total. The average molecular weight is 634 g/mol. The minimum absolute atomic E-state index is 0.0729. The summed E-state index contributed by atoms with van der Waals surface area (Å²) < 4.78 is 25.2. The van der Waals surface area contributed by atoms with E-state index in [1.165, 1.54) is 13.8 Å². The van der Waals surface area contributed by atoms with Crippen LogP contribution in [0.1, 0.15) is 64.2 Å². The Morgan fingerprint density at radius 2 is 1.70 bits per heavy atom. The highest BCUT2D eigenvalue weighted by molar-refractivity contribution is 5.89. The van der Waals surface area contributed by atoms with Crippen LogP contribution in [0.5, 0.6) is 0 Å². The molecule has 2 spiro atoms. The number of hydrogen-bond acceptors (Lipinski definition) is 10. The summed E-state index contributed by atoms with van der Waals surface area (Å²) in [7, 11) is 0. The molecule has 3 heterocycles. The summed E-state index contributed by atoms with van der Waals surface area (Å²) in [6, 6.07) is 8.74. The number of aliphatic hydroxyl groups is 1. The molecule has 1 unspecified atom stereocenters. The lowest BCUT2D eigenvalue weighted by atomic mass is 9.38. The van der Waals surface area contributed by atoms with Crippen molar-refractivity contribution in [3.05, 3.63) is 48.0 Å². The van der Waals surface area contributed by atoms with Crippen LogP contribution in [0.25, 0.3) is 0 Å². The maximum atomic E-state index is 13.7. The van der Waals surface area contributed by atoms with E-state index in [1.54, 1.807) is 24.3 Å². The molecule has 16 atom stereocenters. The zero-order chi connectivity index (χ0) is 32.7. The molecule has 246 valence electrons. The molecular formula is C36H43NO9. The number of benzene rings is 1. The monoisotopic (exact) mass is 633 g/mol. The third kappa shape index (κ3) is 3.40. The van der Waals surface area contributed by atoms with Crippen molar-refractivity contribution < 1.29 is 43.2 Å². The Labute approximate surface area is 268 Å². The van der Waals surface area contributed by atoms with Crippen LogP contribution in [0.15, 0.2) is 42.5 Å². The topological polar surface area (TPSA) is 129 Å². The number of esters is 4. The third-order valence-corrected chi connectivity index (χ3v) is 13.5. The molecule has 6 saturated carbocycles. The summed E-state index contributed by atoms with van der Waals surface area (Å²) in [5.74, 6) is -3.17. The predicted molar refractivity (Wildman–Crippen MR) is 162 cm³/mol. The van der Waals surface area contributed by atoms with Crippen molar-refractivity contribution >= 4 is 23.9 Å². The molecule has 3 aliphatic heterocycles. The molecule has 10 rings (SSSR count). The Balaban J connectivity index is 1.30. The molecule has 3 saturated heterocycles. The van der Waals surface area contributed by atoms with E-state index >= 15 is 0 Å². The minimum atomic E-state index is -1.29. The van der Waals surface area contributed by atoms with Crippen LogP contribution in [0, 0.1) is 45.8 Å². The zero-order valence-electron chi connectivity index (χ0n) is 27.0. The highest BCUT2D eigenvalue weighted by Gasteiger charge is 2.95. The number of hydrogen-bond donors (Lipinski definition) is 1. The summed E-state index contributed by atoms with van der Waals surface area (Å²) in [6.45, 7) is 13.6. The Bertz CT molecular complexity index is 1540. The summed E-state index contributed by atoms with van der Waals surface area (Å²) >= 11 is 0. The number of fused-ring (bicyclic) bond motifs is 1. The molecule has 0 radical (unpaired) electrons. The Kier molecular flexibility index (Phi) is 6.32. The van der Waals surface area contributed by atoms with Crippen LogP contribution in [-0.4, -0.2) is 83.0 Å². The number of aliphatic hydroxyl groups excluding tert-OH is 1. The number of carbonyl (C=O) groups is 4. The molecule has 10 nitrogen and oxygen atoms in total. The van der Waals surface area contributed by atoms with E-state index in [0.29, 0.717) is 24.9 Å². The van der Waals surface area contributed by atoms with Gasteiger partial charge < -0.3 is 24.1 Å². The summed E-state index contributed by atoms with van der Waals surface area (Å²) in [6.07, 6.45) is -2.46. The van der Waals surface area contributed by atoms with E-state index in [-0.39, 0.29) is 41.7 Å². The molecule has 1 aromatic carbocycles. The van der Waals surface area contributed by atoms with Gasteiger partial charge in [-0.1, -0.05) is 51.1 Å². The van der Waals surface area contributed by atoms with Gasteiger partial charge in [-0.3, -0.25) is 19.3 Å². The molecule has 10 heteroatoms. The number of carbonyl (C=O) groups excluding carboxylic acids is 4. The van der Waals surface area contributed by atoms with E-state index in [9.17, 15) is 24.3 Å². The first-order chi connectivity index (χ1) is 21.8. The van der Waals surface area contributed by atoms with Crippen molar-refractivity contribution in [2.75, 3.05) is 6.54 Å². The molecule has 9 bridgehead atoms. The first-order valence-electron chi connectivity index (χ1n) is 16.7.